The molecular formula is C16H25BrN2. The molecule has 1 heterocycles. The van der Waals surface area contributed by atoms with Crippen molar-refractivity contribution in [1.29, 1.82) is 0 Å². The van der Waals surface area contributed by atoms with Gasteiger partial charge in [-0.25, -0.2) is 0 Å². The number of aryl methyl sites for hydroxylation is 1. The van der Waals surface area contributed by atoms with Crippen molar-refractivity contribution in [2.75, 3.05) is 24.5 Å². The third kappa shape index (κ3) is 3.96. The zero-order chi connectivity index (χ0) is 13.8. The summed E-state index contributed by atoms with van der Waals surface area (Å²) in [4.78, 5) is 2.54. The highest BCUT2D eigenvalue weighted by molar-refractivity contribution is 9.10. The zero-order valence-electron chi connectivity index (χ0n) is 12.2. The summed E-state index contributed by atoms with van der Waals surface area (Å²) in [6.45, 7) is 10.2. The van der Waals surface area contributed by atoms with Crippen LogP contribution in [0, 0.1) is 12.8 Å². The van der Waals surface area contributed by atoms with E-state index in [1.807, 2.05) is 0 Å². The van der Waals surface area contributed by atoms with Crippen LogP contribution in [-0.2, 0) is 0 Å². The molecule has 1 N–H and O–H groups in total. The summed E-state index contributed by atoms with van der Waals surface area (Å²) in [5, 5.41) is 3.71. The summed E-state index contributed by atoms with van der Waals surface area (Å²) in [5.41, 5.74) is 2.67. The molecule has 1 fully saturated rings. The molecule has 2 unspecified atom stereocenters. The first kappa shape index (κ1) is 14.9. The summed E-state index contributed by atoms with van der Waals surface area (Å²) in [7, 11) is 0. The molecule has 0 aromatic heterocycles. The van der Waals surface area contributed by atoms with E-state index in [2.05, 4.69) is 65.1 Å². The maximum Gasteiger partial charge on any atom is 0.0380 e. The van der Waals surface area contributed by atoms with E-state index in [9.17, 15) is 0 Å². The van der Waals surface area contributed by atoms with Gasteiger partial charge in [0.15, 0.2) is 0 Å². The fraction of sp³-hybridized carbons (Fsp3) is 0.625. The second-order valence-electron chi connectivity index (χ2n) is 5.73. The topological polar surface area (TPSA) is 15.3 Å². The molecule has 0 bridgehead atoms. The van der Waals surface area contributed by atoms with Gasteiger partial charge in [-0.2, -0.15) is 0 Å². The smallest absolute Gasteiger partial charge is 0.0380 e. The predicted molar refractivity (Wildman–Crippen MR) is 87.0 cm³/mol. The van der Waals surface area contributed by atoms with Gasteiger partial charge in [-0.15, -0.1) is 0 Å². The van der Waals surface area contributed by atoms with Crippen LogP contribution in [0.4, 0.5) is 5.69 Å². The minimum Gasteiger partial charge on any atom is -0.370 e. The van der Waals surface area contributed by atoms with Crippen molar-refractivity contribution in [2.24, 2.45) is 5.92 Å². The minimum atomic E-state index is 0.604. The molecule has 2 rings (SSSR count). The summed E-state index contributed by atoms with van der Waals surface area (Å²) in [6, 6.07) is 7.31. The van der Waals surface area contributed by atoms with Gasteiger partial charge in [-0.05, 0) is 49.6 Å². The lowest BCUT2D eigenvalue weighted by Gasteiger charge is -2.30. The summed E-state index contributed by atoms with van der Waals surface area (Å²) >= 11 is 3.61. The van der Waals surface area contributed by atoms with E-state index in [4.69, 9.17) is 0 Å². The minimum absolute atomic E-state index is 0.604. The van der Waals surface area contributed by atoms with E-state index < -0.39 is 0 Å². The number of anilines is 1. The van der Waals surface area contributed by atoms with Crippen LogP contribution < -0.4 is 10.2 Å². The van der Waals surface area contributed by atoms with E-state index in [1.165, 1.54) is 28.6 Å². The Morgan fingerprint density at radius 2 is 2.21 bits per heavy atom. The molecule has 1 aliphatic rings. The molecule has 3 heteroatoms. The molecule has 1 aromatic carbocycles. The van der Waals surface area contributed by atoms with E-state index >= 15 is 0 Å². The highest BCUT2D eigenvalue weighted by Crippen LogP contribution is 2.25. The van der Waals surface area contributed by atoms with Gasteiger partial charge in [0.25, 0.3) is 0 Å². The van der Waals surface area contributed by atoms with Crippen molar-refractivity contribution in [3.63, 3.8) is 0 Å². The Morgan fingerprint density at radius 1 is 1.42 bits per heavy atom. The number of hydrogen-bond acceptors (Lipinski definition) is 2. The van der Waals surface area contributed by atoms with Gasteiger partial charge in [0.05, 0.1) is 0 Å². The van der Waals surface area contributed by atoms with Crippen LogP contribution in [0.2, 0.25) is 0 Å². The highest BCUT2D eigenvalue weighted by Gasteiger charge is 2.22. The summed E-state index contributed by atoms with van der Waals surface area (Å²) < 4.78 is 1.18. The first-order valence-corrected chi connectivity index (χ1v) is 8.15. The Labute approximate surface area is 125 Å². The van der Waals surface area contributed by atoms with Crippen LogP contribution in [0.3, 0.4) is 0 Å². The Balaban J connectivity index is 2.17. The second-order valence-corrected chi connectivity index (χ2v) is 6.65. The largest absolute Gasteiger partial charge is 0.370 e. The van der Waals surface area contributed by atoms with Crippen molar-refractivity contribution in [3.8, 4) is 0 Å². The van der Waals surface area contributed by atoms with Gasteiger partial charge >= 0.3 is 0 Å². The molecular weight excluding hydrogens is 300 g/mol. The van der Waals surface area contributed by atoms with Gasteiger partial charge in [-0.1, -0.05) is 36.2 Å². The van der Waals surface area contributed by atoms with Crippen LogP contribution in [0.25, 0.3) is 0 Å². The van der Waals surface area contributed by atoms with E-state index in [-0.39, 0.29) is 0 Å². The standard InChI is InChI=1S/C16H25BrN2/c1-4-13(3)16-11-19(7-5-6-18-16)15-9-12(2)8-14(17)10-15/h8-10,13,16,18H,4-7,11H2,1-3H3. The van der Waals surface area contributed by atoms with Gasteiger partial charge in [0.2, 0.25) is 0 Å². The summed E-state index contributed by atoms with van der Waals surface area (Å²) in [6.07, 6.45) is 2.46. The normalized spacial score (nSPS) is 22.1. The molecule has 1 saturated heterocycles. The molecule has 1 aliphatic heterocycles. The van der Waals surface area contributed by atoms with Crippen LogP contribution >= 0.6 is 15.9 Å². The van der Waals surface area contributed by atoms with E-state index in [0.717, 1.165) is 25.6 Å². The predicted octanol–water partition coefficient (Wildman–Crippen LogP) is 3.97. The number of nitrogens with one attached hydrogen (secondary N) is 1. The number of hydrogen-bond donors (Lipinski definition) is 1. The zero-order valence-corrected chi connectivity index (χ0v) is 13.8. The molecule has 0 radical (unpaired) electrons. The van der Waals surface area contributed by atoms with Crippen molar-refractivity contribution < 1.29 is 0 Å². The van der Waals surface area contributed by atoms with Gasteiger partial charge in [0.1, 0.15) is 0 Å². The number of nitrogens with zero attached hydrogens (tertiary/aromatic N) is 1. The highest BCUT2D eigenvalue weighted by atomic mass is 79.9. The molecule has 0 spiro atoms. The van der Waals surface area contributed by atoms with Gasteiger partial charge in [-0.3, -0.25) is 0 Å². The number of rotatable bonds is 3. The van der Waals surface area contributed by atoms with E-state index in [1.54, 1.807) is 0 Å². The average molecular weight is 325 g/mol. The molecule has 0 aliphatic carbocycles. The Bertz CT molecular complexity index is 399. The number of benzene rings is 1. The van der Waals surface area contributed by atoms with Crippen LogP contribution in [0.1, 0.15) is 32.3 Å². The maximum absolute atomic E-state index is 3.71. The molecule has 19 heavy (non-hydrogen) atoms. The van der Waals surface area contributed by atoms with Crippen molar-refractivity contribution in [2.45, 2.75) is 39.7 Å². The quantitative estimate of drug-likeness (QED) is 0.904. The van der Waals surface area contributed by atoms with Gasteiger partial charge < -0.3 is 10.2 Å². The average Bonchev–Trinajstić information content (AvgIpc) is 2.62. The van der Waals surface area contributed by atoms with Crippen molar-refractivity contribution in [3.05, 3.63) is 28.2 Å². The fourth-order valence-electron chi connectivity index (χ4n) is 2.75. The molecule has 2 nitrogen and oxygen atoms in total. The van der Waals surface area contributed by atoms with E-state index in [0.29, 0.717) is 6.04 Å². The lowest BCUT2D eigenvalue weighted by molar-refractivity contribution is 0.384. The van der Waals surface area contributed by atoms with Crippen LogP contribution in [0.15, 0.2) is 22.7 Å². The first-order valence-electron chi connectivity index (χ1n) is 7.35. The molecule has 1 aromatic rings. The Kier molecular flexibility index (Phi) is 5.28. The molecule has 2 atom stereocenters. The molecule has 106 valence electrons. The monoisotopic (exact) mass is 324 g/mol. The van der Waals surface area contributed by atoms with Gasteiger partial charge in [0, 0.05) is 29.3 Å². The SMILES string of the molecule is CCC(C)C1CN(c2cc(C)cc(Br)c2)CCCN1. The van der Waals surface area contributed by atoms with Crippen LogP contribution in [-0.4, -0.2) is 25.7 Å². The molecule has 0 amide bonds. The molecule has 0 saturated carbocycles. The lowest BCUT2D eigenvalue weighted by atomic mass is 9.99. The Morgan fingerprint density at radius 3 is 2.89 bits per heavy atom. The number of halogens is 1. The maximum atomic E-state index is 3.71. The first-order chi connectivity index (χ1) is 9.10. The van der Waals surface area contributed by atoms with Crippen molar-refractivity contribution >= 4 is 21.6 Å². The Hall–Kier alpha value is -0.540. The lowest BCUT2D eigenvalue weighted by Crippen LogP contribution is -2.42. The van der Waals surface area contributed by atoms with Crippen LogP contribution in [0.5, 0.6) is 0 Å². The summed E-state index contributed by atoms with van der Waals surface area (Å²) in [5.74, 6) is 0.730. The van der Waals surface area contributed by atoms with Crippen molar-refractivity contribution in [1.82, 2.24) is 5.32 Å². The fourth-order valence-corrected chi connectivity index (χ4v) is 3.35. The third-order valence-electron chi connectivity index (χ3n) is 4.15. The second kappa shape index (κ2) is 6.76. The third-order valence-corrected chi connectivity index (χ3v) is 4.61.